The van der Waals surface area contributed by atoms with Crippen molar-refractivity contribution in [3.05, 3.63) is 101 Å². The molecular weight excluding hydrogens is 625 g/mol. The Kier molecular flexibility index (Phi) is 7.16. The molecule has 0 aliphatic rings. The summed E-state index contributed by atoms with van der Waals surface area (Å²) in [4.78, 5) is 21.7. The lowest BCUT2D eigenvalue weighted by Gasteiger charge is -2.10. The average molecular weight is 643 g/mol. The van der Waals surface area contributed by atoms with Crippen LogP contribution in [0.3, 0.4) is 0 Å². The highest BCUT2D eigenvalue weighted by atomic mass is 32.2. The van der Waals surface area contributed by atoms with Gasteiger partial charge < -0.3 is 0 Å². The van der Waals surface area contributed by atoms with Gasteiger partial charge in [-0.2, -0.15) is 21.6 Å². The first kappa shape index (κ1) is 29.1. The summed E-state index contributed by atoms with van der Waals surface area (Å²) in [5.74, 6) is -2.34. The molecule has 4 aromatic carbocycles. The topological polar surface area (TPSA) is 97.2 Å². The molecule has 0 fully saturated rings. The average Bonchev–Trinajstić information content (AvgIpc) is 3.56. The van der Waals surface area contributed by atoms with Gasteiger partial charge in [-0.25, -0.2) is 14.4 Å². The third-order valence-electron chi connectivity index (χ3n) is 6.77. The van der Waals surface area contributed by atoms with Crippen molar-refractivity contribution in [2.75, 3.05) is 0 Å². The molecule has 13 heteroatoms. The van der Waals surface area contributed by atoms with Crippen LogP contribution in [0.4, 0.5) is 17.6 Å². The van der Waals surface area contributed by atoms with Crippen molar-refractivity contribution < 1.29 is 35.3 Å². The van der Waals surface area contributed by atoms with E-state index in [9.17, 15) is 35.3 Å². The number of alkyl halides is 3. The number of Topliss-reactive ketones (excluding diaryl/α,β-unsaturated/α-hetero) is 1. The summed E-state index contributed by atoms with van der Waals surface area (Å²) in [5.41, 5.74) is 1.51. The summed E-state index contributed by atoms with van der Waals surface area (Å²) in [7, 11) is -4.44. The van der Waals surface area contributed by atoms with Gasteiger partial charge in [-0.3, -0.25) is 9.35 Å². The molecule has 218 valence electrons. The molecule has 0 bridgehead atoms. The van der Waals surface area contributed by atoms with E-state index in [0.717, 1.165) is 44.8 Å². The number of aromatic nitrogens is 2. The van der Waals surface area contributed by atoms with Gasteiger partial charge in [-0.1, -0.05) is 36.4 Å². The fourth-order valence-corrected chi connectivity index (χ4v) is 8.02. The maximum absolute atomic E-state index is 14.4. The van der Waals surface area contributed by atoms with E-state index in [2.05, 4.69) is 9.97 Å². The van der Waals surface area contributed by atoms with Crippen LogP contribution in [0.5, 0.6) is 0 Å². The molecule has 43 heavy (non-hydrogen) atoms. The smallest absolute Gasteiger partial charge is 0.294 e. The van der Waals surface area contributed by atoms with E-state index >= 15 is 0 Å². The molecule has 0 aliphatic carbocycles. The third kappa shape index (κ3) is 5.56. The van der Waals surface area contributed by atoms with Crippen molar-refractivity contribution >= 4 is 59.0 Å². The molecule has 0 saturated heterocycles. The van der Waals surface area contributed by atoms with Crippen LogP contribution < -0.4 is 0 Å². The van der Waals surface area contributed by atoms with E-state index in [1.807, 2.05) is 18.2 Å². The normalized spacial score (nSPS) is 12.3. The summed E-state index contributed by atoms with van der Waals surface area (Å²) >= 11 is 2.57. The van der Waals surface area contributed by atoms with Crippen LogP contribution in [0.25, 0.3) is 41.6 Å². The fourth-order valence-electron chi connectivity index (χ4n) is 4.70. The Morgan fingerprint density at radius 3 is 2.23 bits per heavy atom. The monoisotopic (exact) mass is 642 g/mol. The maximum atomic E-state index is 14.4. The fraction of sp³-hybridized carbons (Fsp3) is 0.100. The Morgan fingerprint density at radius 1 is 0.884 bits per heavy atom. The van der Waals surface area contributed by atoms with Crippen LogP contribution in [-0.4, -0.2) is 28.7 Å². The number of ketones is 1. The number of rotatable bonds is 6. The van der Waals surface area contributed by atoms with E-state index < -0.39 is 39.0 Å². The number of hydrogen-bond acceptors (Lipinski definition) is 7. The number of hydrogen-bond donors (Lipinski definition) is 1. The van der Waals surface area contributed by atoms with Gasteiger partial charge in [-0.05, 0) is 54.4 Å². The van der Waals surface area contributed by atoms with Crippen LogP contribution in [0.15, 0.2) is 77.7 Å². The van der Waals surface area contributed by atoms with Gasteiger partial charge in [0.15, 0.2) is 5.78 Å². The molecule has 0 aliphatic heterocycles. The van der Waals surface area contributed by atoms with Gasteiger partial charge in [0.1, 0.15) is 20.7 Å². The van der Waals surface area contributed by atoms with Gasteiger partial charge in [0, 0.05) is 17.5 Å². The first-order chi connectivity index (χ1) is 20.3. The zero-order chi connectivity index (χ0) is 30.7. The van der Waals surface area contributed by atoms with Gasteiger partial charge in [0.25, 0.3) is 10.1 Å². The number of aryl methyl sites for hydroxylation is 1. The lowest BCUT2D eigenvalue weighted by molar-refractivity contribution is -0.140. The SMILES string of the molecule is Cc1ccc2nc(-c3ccc4nc(-c5ccc(CC(=O)c6cccc(C(F)(F)F)c6F)cc5)sc4c3)sc2c1S(=O)(=O)O. The Labute approximate surface area is 250 Å². The summed E-state index contributed by atoms with van der Waals surface area (Å²) in [5, 5.41) is 1.26. The Hall–Kier alpha value is -4.04. The van der Waals surface area contributed by atoms with Crippen LogP contribution in [-0.2, 0) is 22.7 Å². The molecule has 0 amide bonds. The quantitative estimate of drug-likeness (QED) is 0.111. The number of carbonyl (C=O) groups is 1. The summed E-state index contributed by atoms with van der Waals surface area (Å²) < 4.78 is 88.4. The molecule has 6 nitrogen and oxygen atoms in total. The summed E-state index contributed by atoms with van der Waals surface area (Å²) in [6, 6.07) is 18.2. The Balaban J connectivity index is 1.25. The zero-order valence-electron chi connectivity index (χ0n) is 21.9. The number of fused-ring (bicyclic) bond motifs is 2. The van der Waals surface area contributed by atoms with E-state index in [4.69, 9.17) is 0 Å². The minimum atomic E-state index is -4.90. The lowest BCUT2D eigenvalue weighted by atomic mass is 9.99. The molecule has 6 aromatic rings. The van der Waals surface area contributed by atoms with Gasteiger partial charge in [0.05, 0.1) is 31.6 Å². The molecule has 0 radical (unpaired) electrons. The number of thiazole rings is 2. The predicted molar refractivity (Wildman–Crippen MR) is 158 cm³/mol. The highest BCUT2D eigenvalue weighted by molar-refractivity contribution is 7.86. The molecule has 1 N–H and O–H groups in total. The first-order valence-corrected chi connectivity index (χ1v) is 15.6. The first-order valence-electron chi connectivity index (χ1n) is 12.6. The summed E-state index contributed by atoms with van der Waals surface area (Å²) in [6.45, 7) is 1.60. The highest BCUT2D eigenvalue weighted by Gasteiger charge is 2.35. The molecule has 0 spiro atoms. The second kappa shape index (κ2) is 10.6. The van der Waals surface area contributed by atoms with Crippen LogP contribution in [0.1, 0.15) is 27.0 Å². The van der Waals surface area contributed by atoms with Crippen molar-refractivity contribution in [2.24, 2.45) is 0 Å². The molecule has 6 rings (SSSR count). The molecule has 0 atom stereocenters. The standard InChI is InChI=1S/C30H18F4N2O4S3/c1-15-5-11-22-26(27(15)43(38,39)40)42-29(36-22)18-10-12-21-24(14-18)41-28(35-21)17-8-6-16(7-9-17)13-23(37)19-3-2-4-20(25(19)31)30(32,33)34/h2-12,14H,13H2,1H3,(H,38,39,40). The minimum absolute atomic E-state index is 0.153. The molecular formula is C30H18F4N2O4S3. The molecule has 2 heterocycles. The van der Waals surface area contributed by atoms with Crippen LogP contribution >= 0.6 is 22.7 Å². The van der Waals surface area contributed by atoms with Crippen LogP contribution in [0.2, 0.25) is 0 Å². The molecule has 2 aromatic heterocycles. The Morgan fingerprint density at radius 2 is 1.53 bits per heavy atom. The number of benzene rings is 4. The van der Waals surface area contributed by atoms with Gasteiger partial charge >= 0.3 is 6.18 Å². The van der Waals surface area contributed by atoms with Crippen molar-refractivity contribution in [1.29, 1.82) is 0 Å². The van der Waals surface area contributed by atoms with E-state index in [-0.39, 0.29) is 11.3 Å². The zero-order valence-corrected chi connectivity index (χ0v) is 24.4. The van der Waals surface area contributed by atoms with E-state index in [0.29, 0.717) is 37.4 Å². The second-order valence-electron chi connectivity index (χ2n) is 9.72. The van der Waals surface area contributed by atoms with Gasteiger partial charge in [0.2, 0.25) is 0 Å². The minimum Gasteiger partial charge on any atom is -0.294 e. The molecule has 0 unspecified atom stereocenters. The third-order valence-corrected chi connectivity index (χ3v) is 10.1. The second-order valence-corrected chi connectivity index (χ2v) is 13.1. The highest BCUT2D eigenvalue weighted by Crippen LogP contribution is 2.38. The molecule has 0 saturated carbocycles. The number of carbonyl (C=O) groups excluding carboxylic acids is 1. The largest absolute Gasteiger partial charge is 0.419 e. The number of nitrogens with zero attached hydrogens (tertiary/aromatic N) is 2. The predicted octanol–water partition coefficient (Wildman–Crippen LogP) is 8.38. The van der Waals surface area contributed by atoms with E-state index in [1.165, 1.54) is 11.3 Å². The van der Waals surface area contributed by atoms with E-state index in [1.54, 1.807) is 43.3 Å². The van der Waals surface area contributed by atoms with Crippen molar-refractivity contribution in [3.8, 4) is 21.1 Å². The van der Waals surface area contributed by atoms with Crippen molar-refractivity contribution in [3.63, 3.8) is 0 Å². The van der Waals surface area contributed by atoms with Crippen molar-refractivity contribution in [2.45, 2.75) is 24.4 Å². The van der Waals surface area contributed by atoms with Crippen LogP contribution in [0, 0.1) is 12.7 Å². The summed E-state index contributed by atoms with van der Waals surface area (Å²) in [6.07, 6.45) is -5.18. The Bertz CT molecular complexity index is 2170. The maximum Gasteiger partial charge on any atom is 0.419 e. The van der Waals surface area contributed by atoms with Crippen molar-refractivity contribution in [1.82, 2.24) is 9.97 Å². The lowest BCUT2D eigenvalue weighted by Crippen LogP contribution is -2.13. The number of halogens is 4. The van der Waals surface area contributed by atoms with Gasteiger partial charge in [-0.15, -0.1) is 22.7 Å².